The summed E-state index contributed by atoms with van der Waals surface area (Å²) in [6, 6.07) is 0. The molecule has 232 valence electrons. The van der Waals surface area contributed by atoms with E-state index in [4.69, 9.17) is 19.9 Å². The van der Waals surface area contributed by atoms with E-state index < -0.39 is 60.6 Å². The number of primary amides is 1. The number of nitrogens with one attached hydrogen (secondary N) is 2. The molecular weight excluding hydrogens is 549 g/mol. The first kappa shape index (κ1) is 34.6. The number of amides is 2. The number of carbonyl (C=O) groups is 4. The first-order valence-corrected chi connectivity index (χ1v) is 13.7. The number of aliphatic hydroxyl groups is 1. The summed E-state index contributed by atoms with van der Waals surface area (Å²) < 4.78 is 29.4. The minimum Gasteiger partial charge on any atom is -0.439 e. The third kappa shape index (κ3) is 9.20. The highest BCUT2D eigenvalue weighted by molar-refractivity contribution is 6.23. The summed E-state index contributed by atoms with van der Waals surface area (Å²) in [5.41, 5.74) is 5.99. The average molecular weight is 592 g/mol. The van der Waals surface area contributed by atoms with Gasteiger partial charge in [-0.25, -0.2) is 9.18 Å². The maximum absolute atomic E-state index is 13.5. The first-order chi connectivity index (χ1) is 19.8. The molecule has 0 saturated heterocycles. The Balaban J connectivity index is 2.61. The highest BCUT2D eigenvalue weighted by atomic mass is 19.1. The molecular formula is C30H42FN3O8. The van der Waals surface area contributed by atoms with E-state index in [9.17, 15) is 28.7 Å². The van der Waals surface area contributed by atoms with Crippen LogP contribution in [0.3, 0.4) is 0 Å². The van der Waals surface area contributed by atoms with Gasteiger partial charge in [0.05, 0.1) is 23.6 Å². The number of fused-ring (bicyclic) bond motifs is 2. The maximum Gasteiger partial charge on any atom is 0.405 e. The van der Waals surface area contributed by atoms with E-state index in [-0.39, 0.29) is 41.4 Å². The van der Waals surface area contributed by atoms with Gasteiger partial charge in [0.2, 0.25) is 11.6 Å². The van der Waals surface area contributed by atoms with Gasteiger partial charge in [0, 0.05) is 43.9 Å². The minimum absolute atomic E-state index is 0.0175. The van der Waals surface area contributed by atoms with Crippen LogP contribution < -0.4 is 16.4 Å². The molecule has 0 radical (unpaired) electrons. The molecule has 1 heterocycles. The molecule has 0 spiro atoms. The fourth-order valence-corrected chi connectivity index (χ4v) is 4.95. The lowest BCUT2D eigenvalue weighted by molar-refractivity contribution is -0.120. The van der Waals surface area contributed by atoms with E-state index in [2.05, 4.69) is 10.6 Å². The molecule has 0 aromatic rings. The van der Waals surface area contributed by atoms with E-state index in [0.29, 0.717) is 12.0 Å². The van der Waals surface area contributed by atoms with Crippen molar-refractivity contribution in [2.45, 2.75) is 65.0 Å². The van der Waals surface area contributed by atoms with Crippen molar-refractivity contribution in [3.05, 3.63) is 58.5 Å². The average Bonchev–Trinajstić information content (AvgIpc) is 2.94. The minimum atomic E-state index is -1.02. The normalized spacial score (nSPS) is 31.7. The van der Waals surface area contributed by atoms with Crippen molar-refractivity contribution in [1.29, 1.82) is 0 Å². The molecule has 2 bridgehead atoms. The van der Waals surface area contributed by atoms with Gasteiger partial charge in [0.1, 0.15) is 12.8 Å². The van der Waals surface area contributed by atoms with Crippen LogP contribution >= 0.6 is 0 Å². The fourth-order valence-electron chi connectivity index (χ4n) is 4.95. The molecule has 42 heavy (non-hydrogen) atoms. The smallest absolute Gasteiger partial charge is 0.405 e. The molecule has 0 fully saturated rings. The van der Waals surface area contributed by atoms with Gasteiger partial charge >= 0.3 is 6.09 Å². The van der Waals surface area contributed by atoms with Crippen LogP contribution in [-0.4, -0.2) is 80.5 Å². The van der Waals surface area contributed by atoms with Crippen LogP contribution in [0.1, 0.15) is 40.5 Å². The van der Waals surface area contributed by atoms with Gasteiger partial charge in [-0.2, -0.15) is 0 Å². The third-order valence-electron chi connectivity index (χ3n) is 7.19. The molecule has 5 N–H and O–H groups in total. The van der Waals surface area contributed by atoms with E-state index in [0.717, 1.165) is 6.08 Å². The number of carbonyl (C=O) groups excluding carboxylic acids is 4. The summed E-state index contributed by atoms with van der Waals surface area (Å²) in [6.07, 6.45) is 3.29. The van der Waals surface area contributed by atoms with Crippen LogP contribution in [-0.2, 0) is 28.6 Å². The fraction of sp³-hybridized carbons (Fsp3) is 0.533. The molecule has 11 nitrogen and oxygen atoms in total. The number of ketones is 2. The van der Waals surface area contributed by atoms with Crippen LogP contribution in [0.15, 0.2) is 58.5 Å². The molecule has 12 heteroatoms. The van der Waals surface area contributed by atoms with Crippen molar-refractivity contribution >= 4 is 23.6 Å². The number of ether oxygens (including phenoxy) is 3. The summed E-state index contributed by atoms with van der Waals surface area (Å²) in [5.74, 6) is -2.49. The topological polar surface area (TPSA) is 166 Å². The second-order valence-electron chi connectivity index (χ2n) is 10.5. The van der Waals surface area contributed by atoms with Crippen molar-refractivity contribution in [1.82, 2.24) is 10.6 Å². The van der Waals surface area contributed by atoms with Crippen LogP contribution in [0, 0.1) is 11.8 Å². The summed E-state index contributed by atoms with van der Waals surface area (Å²) >= 11 is 0. The molecule has 1 aliphatic heterocycles. The second kappa shape index (κ2) is 16.1. The largest absolute Gasteiger partial charge is 0.439 e. The number of methoxy groups -OCH3 is 2. The zero-order chi connectivity index (χ0) is 31.6. The number of halogens is 1. The zero-order valence-electron chi connectivity index (χ0n) is 24.9. The highest BCUT2D eigenvalue weighted by Crippen LogP contribution is 2.28. The Labute approximate surface area is 245 Å². The molecule has 2 rings (SSSR count). The Morgan fingerprint density at radius 2 is 1.88 bits per heavy atom. The lowest BCUT2D eigenvalue weighted by Crippen LogP contribution is -2.38. The van der Waals surface area contributed by atoms with Crippen molar-refractivity contribution in [3.63, 3.8) is 0 Å². The number of rotatable bonds is 6. The number of Topliss-reactive ketones (excluding diaryl/α,β-unsaturated/α-hetero) is 1. The van der Waals surface area contributed by atoms with Gasteiger partial charge in [0.25, 0.3) is 5.91 Å². The number of alkyl halides is 1. The van der Waals surface area contributed by atoms with Gasteiger partial charge in [-0.05, 0) is 38.2 Å². The lowest BCUT2D eigenvalue weighted by atomic mass is 9.85. The predicted molar refractivity (Wildman–Crippen MR) is 154 cm³/mol. The molecule has 0 aromatic carbocycles. The van der Waals surface area contributed by atoms with E-state index in [1.807, 2.05) is 6.92 Å². The monoisotopic (exact) mass is 591 g/mol. The molecule has 6 atom stereocenters. The van der Waals surface area contributed by atoms with E-state index in [1.165, 1.54) is 33.3 Å². The third-order valence-corrected chi connectivity index (χ3v) is 7.19. The molecule has 0 unspecified atom stereocenters. The standard InChI is InChI=1S/C30H42FN3O8/c1-16-12-20-25(33-11-10-31)22(35)15-21(27(20)37)34-29(38)17(2)8-7-9-23(40-5)28(42-30(32)39)19(4)14-18(3)26(36)24(13-16)41-6/h7-9,14-16,18,23-24,26,28,33,36H,10-13H2,1-6H3,(H2,32,39)(H,34,38)/b9-7-,17-8+,19-14+/t16-,18+,23-,24+,26+,28+/m1/s1. The first-order valence-electron chi connectivity index (χ1n) is 13.7. The number of hydrogen-bond donors (Lipinski definition) is 4. The summed E-state index contributed by atoms with van der Waals surface area (Å²) in [4.78, 5) is 51.1. The Kier molecular flexibility index (Phi) is 13.3. The van der Waals surface area contributed by atoms with Crippen molar-refractivity contribution in [2.75, 3.05) is 27.4 Å². The van der Waals surface area contributed by atoms with Crippen LogP contribution in [0.4, 0.5) is 9.18 Å². The second-order valence-corrected chi connectivity index (χ2v) is 10.5. The van der Waals surface area contributed by atoms with Crippen molar-refractivity contribution in [2.24, 2.45) is 17.6 Å². The zero-order valence-corrected chi connectivity index (χ0v) is 24.9. The van der Waals surface area contributed by atoms with Crippen molar-refractivity contribution < 1.29 is 42.9 Å². The van der Waals surface area contributed by atoms with Gasteiger partial charge in [-0.1, -0.05) is 38.2 Å². The van der Waals surface area contributed by atoms with Gasteiger partial charge in [-0.3, -0.25) is 14.4 Å². The van der Waals surface area contributed by atoms with Gasteiger partial charge < -0.3 is 35.7 Å². The highest BCUT2D eigenvalue weighted by Gasteiger charge is 2.33. The predicted octanol–water partition coefficient (Wildman–Crippen LogP) is 2.32. The van der Waals surface area contributed by atoms with Crippen LogP contribution in [0.2, 0.25) is 0 Å². The summed E-state index contributed by atoms with van der Waals surface area (Å²) in [6.45, 7) is 5.92. The van der Waals surface area contributed by atoms with E-state index >= 15 is 0 Å². The SMILES string of the molecule is CO[C@H]1C[C@H](C)CC2=C(NCCF)C(=O)C=C(NC(=O)/C(C)=C/C=C\[C@@H](OC)[C@@H](OC(N)=O)/C(C)=C/[C@H](C)[C@@H]1O)C2=O. The Morgan fingerprint density at radius 1 is 1.19 bits per heavy atom. The lowest BCUT2D eigenvalue weighted by Gasteiger charge is -2.30. The van der Waals surface area contributed by atoms with Gasteiger partial charge in [0.15, 0.2) is 6.10 Å². The van der Waals surface area contributed by atoms with E-state index in [1.54, 1.807) is 26.0 Å². The van der Waals surface area contributed by atoms with Crippen molar-refractivity contribution in [3.8, 4) is 0 Å². The van der Waals surface area contributed by atoms with Gasteiger partial charge in [-0.15, -0.1) is 0 Å². The number of allylic oxidation sites excluding steroid dienone is 4. The number of hydrogen-bond acceptors (Lipinski definition) is 9. The Morgan fingerprint density at radius 3 is 2.48 bits per heavy atom. The number of aliphatic hydroxyl groups excluding tert-OH is 1. The molecule has 2 amide bonds. The quantitative estimate of drug-likeness (QED) is 0.268. The Hall–Kier alpha value is -3.61. The molecule has 1 aliphatic carbocycles. The molecule has 2 aliphatic rings. The number of nitrogens with two attached hydrogens (primary N) is 1. The summed E-state index contributed by atoms with van der Waals surface area (Å²) in [5, 5.41) is 16.4. The molecule has 0 saturated carbocycles. The van der Waals surface area contributed by atoms with Crippen LogP contribution in [0.25, 0.3) is 0 Å². The summed E-state index contributed by atoms with van der Waals surface area (Å²) in [7, 11) is 2.87. The van der Waals surface area contributed by atoms with Crippen LogP contribution in [0.5, 0.6) is 0 Å². The molecule has 0 aromatic heterocycles. The Bertz CT molecular complexity index is 1190. The maximum atomic E-state index is 13.5.